The number of rotatable bonds is 7. The molecule has 2 aromatic rings. The molecule has 2 heterocycles. The lowest BCUT2D eigenvalue weighted by Gasteiger charge is -2.49. The number of carbonyl (C=O) groups is 4. The van der Waals surface area contributed by atoms with Crippen LogP contribution in [0.1, 0.15) is 38.0 Å². The Hall–Kier alpha value is -4.05. The van der Waals surface area contributed by atoms with Crippen LogP contribution >= 0.6 is 11.8 Å². The molecule has 9 nitrogen and oxygen atoms in total. The molecule has 1 N–H and O–H groups in total. The van der Waals surface area contributed by atoms with Crippen molar-refractivity contribution in [3.63, 3.8) is 0 Å². The molecule has 0 unspecified atom stereocenters. The topological polar surface area (TPSA) is 105 Å². The first kappa shape index (κ1) is 28.9. The molecule has 10 heteroatoms. The largest absolute Gasteiger partial charge is 0.448 e. The Morgan fingerprint density at radius 3 is 2.12 bits per heavy atom. The first-order valence-electron chi connectivity index (χ1n) is 12.8. The van der Waals surface area contributed by atoms with Crippen molar-refractivity contribution in [3.8, 4) is 0 Å². The molecule has 0 bridgehead atoms. The van der Waals surface area contributed by atoms with Crippen molar-refractivity contribution >= 4 is 35.6 Å². The average Bonchev–Trinajstić information content (AvgIpc) is 2.92. The number of nitrogens with one attached hydrogen (secondary N) is 1. The van der Waals surface area contributed by atoms with Crippen molar-refractivity contribution in [2.24, 2.45) is 0 Å². The van der Waals surface area contributed by atoms with E-state index in [2.05, 4.69) is 5.32 Å². The monoisotopic (exact) mass is 563 g/mol. The minimum atomic E-state index is -0.865. The molecule has 2 aliphatic heterocycles. The van der Waals surface area contributed by atoms with E-state index in [-0.39, 0.29) is 11.6 Å². The zero-order valence-corrected chi connectivity index (χ0v) is 23.9. The molecule has 0 aromatic heterocycles. The van der Waals surface area contributed by atoms with Gasteiger partial charge in [-0.15, -0.1) is 11.8 Å². The van der Waals surface area contributed by atoms with Crippen molar-refractivity contribution in [3.05, 3.63) is 95.2 Å². The van der Waals surface area contributed by atoms with Gasteiger partial charge in [0.1, 0.15) is 22.7 Å². The van der Waals surface area contributed by atoms with Gasteiger partial charge in [0.2, 0.25) is 5.91 Å². The maximum absolute atomic E-state index is 13.9. The van der Waals surface area contributed by atoms with Crippen LogP contribution < -0.4 is 5.32 Å². The number of amides is 3. The number of thioether (sulfide) groups is 1. The summed E-state index contributed by atoms with van der Waals surface area (Å²) < 4.78 is 11.4. The first-order valence-corrected chi connectivity index (χ1v) is 13.9. The number of alkyl carbamates (subject to hydrolysis) is 1. The normalized spacial score (nSPS) is 18.8. The molecule has 0 saturated carbocycles. The second kappa shape index (κ2) is 12.0. The lowest BCUT2D eigenvalue weighted by Crippen LogP contribution is -2.70. The predicted molar refractivity (Wildman–Crippen MR) is 152 cm³/mol. The fraction of sp³-hybridized carbons (Fsp3) is 0.333. The van der Waals surface area contributed by atoms with Crippen LogP contribution in [0, 0.1) is 0 Å². The van der Waals surface area contributed by atoms with Gasteiger partial charge in [0.15, 0.2) is 6.10 Å². The van der Waals surface area contributed by atoms with E-state index in [1.54, 1.807) is 40.9 Å². The number of nitrogens with zero attached hydrogens (tertiary/aromatic N) is 2. The standard InChI is InChI=1S/C30H33N3O6S/c1-30(2,3)39-29(37)31-23-26(35)33-24(21(18-40-27(23)33)16-17-22(34)32(4)5)28(36)38-25(19-12-8-6-9-13-19)20-14-10-7-11-15-20/h6-17,23,25,27H,18H2,1-5H3,(H,31,37)/b17-16-/t23-,27-/m1/s1. The van der Waals surface area contributed by atoms with Gasteiger partial charge in [-0.25, -0.2) is 9.59 Å². The molecule has 40 heavy (non-hydrogen) atoms. The zero-order valence-electron chi connectivity index (χ0n) is 23.1. The van der Waals surface area contributed by atoms with Crippen molar-refractivity contribution in [1.82, 2.24) is 15.1 Å². The molecule has 4 rings (SSSR count). The third-order valence-corrected chi connectivity index (χ3v) is 7.46. The van der Waals surface area contributed by atoms with Crippen LogP contribution in [0.15, 0.2) is 84.1 Å². The summed E-state index contributed by atoms with van der Waals surface area (Å²) in [7, 11) is 3.25. The number of likely N-dealkylation sites (N-methyl/N-ethyl adjacent to an activating group) is 1. The summed E-state index contributed by atoms with van der Waals surface area (Å²) in [4.78, 5) is 54.6. The Morgan fingerprint density at radius 2 is 1.60 bits per heavy atom. The smallest absolute Gasteiger partial charge is 0.408 e. The molecular formula is C30H33N3O6S. The van der Waals surface area contributed by atoms with E-state index in [1.165, 1.54) is 27.6 Å². The van der Waals surface area contributed by atoms with Crippen LogP contribution in [0.4, 0.5) is 4.79 Å². The summed E-state index contributed by atoms with van der Waals surface area (Å²) in [6, 6.07) is 17.8. The summed E-state index contributed by atoms with van der Waals surface area (Å²) in [5.74, 6) is -1.11. The number of ether oxygens (including phenoxy) is 2. The number of carbonyl (C=O) groups excluding carboxylic acids is 4. The lowest BCUT2D eigenvalue weighted by molar-refractivity contribution is -0.153. The summed E-state index contributed by atoms with van der Waals surface area (Å²) in [6.45, 7) is 5.20. The summed E-state index contributed by atoms with van der Waals surface area (Å²) >= 11 is 1.38. The van der Waals surface area contributed by atoms with Gasteiger partial charge < -0.3 is 19.7 Å². The number of allylic oxidation sites excluding steroid dienone is 1. The van der Waals surface area contributed by atoms with Gasteiger partial charge in [0.05, 0.1) is 0 Å². The molecule has 1 saturated heterocycles. The summed E-state index contributed by atoms with van der Waals surface area (Å²) in [5.41, 5.74) is 1.33. The highest BCUT2D eigenvalue weighted by Gasteiger charge is 2.54. The highest BCUT2D eigenvalue weighted by Crippen LogP contribution is 2.42. The minimum absolute atomic E-state index is 0.0515. The van der Waals surface area contributed by atoms with Gasteiger partial charge in [0, 0.05) is 25.9 Å². The van der Waals surface area contributed by atoms with Crippen molar-refractivity contribution < 1.29 is 28.7 Å². The van der Waals surface area contributed by atoms with Gasteiger partial charge in [-0.2, -0.15) is 0 Å². The third-order valence-electron chi connectivity index (χ3n) is 6.16. The Labute approximate surface area is 238 Å². The van der Waals surface area contributed by atoms with E-state index < -0.39 is 41.1 Å². The molecule has 0 radical (unpaired) electrons. The molecule has 3 amide bonds. The average molecular weight is 564 g/mol. The SMILES string of the molecule is CN(C)C(=O)/C=C\C1=C(C(=O)OC(c2ccccc2)c2ccccc2)N2C(=O)[C@@H](NC(=O)OC(C)(C)C)[C@H]2SC1. The Kier molecular flexibility index (Phi) is 8.68. The highest BCUT2D eigenvalue weighted by molar-refractivity contribution is 8.00. The van der Waals surface area contributed by atoms with Gasteiger partial charge in [-0.3, -0.25) is 14.5 Å². The Morgan fingerprint density at radius 1 is 1.02 bits per heavy atom. The molecule has 1 fully saturated rings. The summed E-state index contributed by atoms with van der Waals surface area (Å²) in [5, 5.41) is 2.10. The van der Waals surface area contributed by atoms with E-state index in [0.29, 0.717) is 11.3 Å². The number of β-lactam (4-membered cyclic amide) rings is 1. The van der Waals surface area contributed by atoms with Crippen LogP contribution in [-0.2, 0) is 23.9 Å². The lowest BCUT2D eigenvalue weighted by atomic mass is 10.0. The van der Waals surface area contributed by atoms with Crippen molar-refractivity contribution in [1.29, 1.82) is 0 Å². The van der Waals surface area contributed by atoms with Crippen LogP contribution in [0.3, 0.4) is 0 Å². The fourth-order valence-corrected chi connectivity index (χ4v) is 5.58. The van der Waals surface area contributed by atoms with E-state index >= 15 is 0 Å². The molecule has 2 aromatic carbocycles. The van der Waals surface area contributed by atoms with Gasteiger partial charge in [-0.05, 0) is 37.5 Å². The number of hydrogen-bond donors (Lipinski definition) is 1. The van der Waals surface area contributed by atoms with Crippen LogP contribution in [0.5, 0.6) is 0 Å². The van der Waals surface area contributed by atoms with E-state index in [1.807, 2.05) is 60.7 Å². The first-order chi connectivity index (χ1) is 19.0. The highest BCUT2D eigenvalue weighted by atomic mass is 32.2. The molecule has 0 aliphatic carbocycles. The maximum Gasteiger partial charge on any atom is 0.408 e. The molecule has 2 aliphatic rings. The Bertz CT molecular complexity index is 1290. The van der Waals surface area contributed by atoms with E-state index in [0.717, 1.165) is 11.1 Å². The van der Waals surface area contributed by atoms with Gasteiger partial charge in [0.25, 0.3) is 5.91 Å². The van der Waals surface area contributed by atoms with E-state index in [9.17, 15) is 19.2 Å². The van der Waals surface area contributed by atoms with Gasteiger partial charge in [-0.1, -0.05) is 66.7 Å². The quantitative estimate of drug-likeness (QED) is 0.308. The van der Waals surface area contributed by atoms with Gasteiger partial charge >= 0.3 is 12.1 Å². The fourth-order valence-electron chi connectivity index (χ4n) is 4.26. The second-order valence-corrected chi connectivity index (χ2v) is 11.7. The van der Waals surface area contributed by atoms with Crippen LogP contribution in [0.2, 0.25) is 0 Å². The van der Waals surface area contributed by atoms with Crippen molar-refractivity contribution in [2.45, 2.75) is 43.9 Å². The number of benzene rings is 2. The number of hydrogen-bond acceptors (Lipinski definition) is 7. The number of esters is 1. The molecular weight excluding hydrogens is 530 g/mol. The molecule has 0 spiro atoms. The predicted octanol–water partition coefficient (Wildman–Crippen LogP) is 4.03. The van der Waals surface area contributed by atoms with Crippen LogP contribution in [0.25, 0.3) is 0 Å². The minimum Gasteiger partial charge on any atom is -0.448 e. The summed E-state index contributed by atoms with van der Waals surface area (Å²) in [6.07, 6.45) is 1.46. The number of fused-ring (bicyclic) bond motifs is 1. The third kappa shape index (κ3) is 6.56. The zero-order chi connectivity index (χ0) is 29.0. The Balaban J connectivity index is 1.66. The van der Waals surface area contributed by atoms with E-state index in [4.69, 9.17) is 9.47 Å². The maximum atomic E-state index is 13.9. The van der Waals surface area contributed by atoms with Crippen molar-refractivity contribution in [2.75, 3.05) is 19.8 Å². The second-order valence-electron chi connectivity index (χ2n) is 10.6. The molecule has 2 atom stereocenters. The molecule has 210 valence electrons. The van der Waals surface area contributed by atoms with Crippen LogP contribution in [-0.4, -0.2) is 70.5 Å².